The molecule has 0 aromatic heterocycles. The zero-order valence-corrected chi connectivity index (χ0v) is 18.8. The van der Waals surface area contributed by atoms with Gasteiger partial charge in [-0.3, -0.25) is 0 Å². The highest BCUT2D eigenvalue weighted by atomic mass is 16.7. The maximum absolute atomic E-state index is 5.98. The number of fused-ring (bicyclic) bond motifs is 4. The predicted molar refractivity (Wildman–Crippen MR) is 125 cm³/mol. The van der Waals surface area contributed by atoms with Gasteiger partial charge in [0.05, 0.1) is 43.3 Å². The Bertz CT molecular complexity index is 939. The van der Waals surface area contributed by atoms with Crippen LogP contribution in [-0.2, 0) is 32.4 Å². The molecular weight excluding hydrogens is 416 g/mol. The molecule has 6 rings (SSSR count). The van der Waals surface area contributed by atoms with Gasteiger partial charge in [-0.15, -0.1) is 0 Å². The van der Waals surface area contributed by atoms with Gasteiger partial charge in [-0.1, -0.05) is 71.0 Å². The van der Waals surface area contributed by atoms with Gasteiger partial charge in [0.1, 0.15) is 0 Å². The average Bonchev–Trinajstić information content (AvgIpc) is 3.61. The van der Waals surface area contributed by atoms with Crippen LogP contribution in [0.15, 0.2) is 71.0 Å². The fourth-order valence-corrected chi connectivity index (χ4v) is 6.01. The van der Waals surface area contributed by atoms with Crippen LogP contribution in [0.3, 0.4) is 0 Å². The quantitative estimate of drug-likeness (QED) is 0.588. The van der Waals surface area contributed by atoms with Gasteiger partial charge >= 0.3 is 0 Å². The first kappa shape index (κ1) is 20.9. The fraction of sp³-hybridized carbons (Fsp3) is 0.481. The minimum absolute atomic E-state index is 0.00457. The number of hydrogen-bond donors (Lipinski definition) is 0. The molecule has 0 N–H and O–H groups in total. The molecule has 1 spiro atoms. The Kier molecular flexibility index (Phi) is 5.64. The summed E-state index contributed by atoms with van der Waals surface area (Å²) in [5.74, 6) is 0.631. The number of benzene rings is 2. The lowest BCUT2D eigenvalue weighted by Gasteiger charge is -2.22. The van der Waals surface area contributed by atoms with E-state index in [1.807, 2.05) is 36.4 Å². The van der Waals surface area contributed by atoms with Crippen molar-refractivity contribution in [1.29, 1.82) is 0 Å². The van der Waals surface area contributed by atoms with Crippen LogP contribution in [0.4, 0.5) is 0 Å². The van der Waals surface area contributed by atoms with E-state index in [4.69, 9.17) is 19.1 Å². The number of rotatable bonds is 8. The van der Waals surface area contributed by atoms with E-state index in [9.17, 15) is 0 Å². The summed E-state index contributed by atoms with van der Waals surface area (Å²) in [7, 11) is 0. The topological polar surface area (TPSA) is 61.6 Å². The van der Waals surface area contributed by atoms with E-state index in [2.05, 4.69) is 34.6 Å². The molecule has 2 fully saturated rings. The second-order valence-electron chi connectivity index (χ2n) is 9.61. The van der Waals surface area contributed by atoms with Crippen LogP contribution in [0.25, 0.3) is 0 Å². The molecule has 33 heavy (non-hydrogen) atoms. The fourth-order valence-electron chi connectivity index (χ4n) is 6.01. The van der Waals surface area contributed by atoms with E-state index >= 15 is 0 Å². The van der Waals surface area contributed by atoms with Crippen LogP contribution in [-0.4, -0.2) is 36.8 Å². The number of oxime groups is 2. The van der Waals surface area contributed by atoms with Crippen molar-refractivity contribution in [2.24, 2.45) is 27.6 Å². The van der Waals surface area contributed by atoms with Crippen molar-refractivity contribution in [3.63, 3.8) is 0 Å². The third kappa shape index (κ3) is 3.85. The summed E-state index contributed by atoms with van der Waals surface area (Å²) >= 11 is 0. The van der Waals surface area contributed by atoms with Gasteiger partial charge in [0.15, 0.2) is 12.2 Å². The SMILES string of the molecule is c1ccc(COCC2ON=C3C2CCC32CCC3C2=NOC3COCc2ccccc2)cc1. The third-order valence-corrected chi connectivity index (χ3v) is 7.71. The van der Waals surface area contributed by atoms with Gasteiger partial charge in [-0.05, 0) is 36.8 Å². The molecule has 6 heteroatoms. The summed E-state index contributed by atoms with van der Waals surface area (Å²) in [6, 6.07) is 20.5. The molecule has 0 saturated heterocycles. The Labute approximate surface area is 194 Å². The predicted octanol–water partition coefficient (Wildman–Crippen LogP) is 4.74. The average molecular weight is 447 g/mol. The molecule has 172 valence electrons. The molecule has 0 radical (unpaired) electrons. The van der Waals surface area contributed by atoms with Crippen LogP contribution in [0.5, 0.6) is 0 Å². The Morgan fingerprint density at radius 2 is 1.15 bits per heavy atom. The zero-order chi connectivity index (χ0) is 22.1. The first-order valence-corrected chi connectivity index (χ1v) is 12.1. The summed E-state index contributed by atoms with van der Waals surface area (Å²) in [5.41, 5.74) is 4.61. The van der Waals surface area contributed by atoms with Crippen molar-refractivity contribution in [3.05, 3.63) is 71.8 Å². The van der Waals surface area contributed by atoms with Crippen molar-refractivity contribution in [1.82, 2.24) is 0 Å². The maximum atomic E-state index is 5.98. The number of hydrogen-bond acceptors (Lipinski definition) is 6. The van der Waals surface area contributed by atoms with Crippen molar-refractivity contribution >= 4 is 11.4 Å². The third-order valence-electron chi connectivity index (χ3n) is 7.71. The van der Waals surface area contributed by atoms with Gasteiger partial charge in [0, 0.05) is 11.8 Å². The standard InChI is InChI=1S/C27H30N2O4/c1-3-7-19(8-4-1)15-30-17-23-21-11-13-27(25(21)28-32-23)14-12-22-24(33-29-26(22)27)18-31-16-20-9-5-2-6-10-20/h1-10,21-24H,11-18H2. The van der Waals surface area contributed by atoms with Gasteiger partial charge in [-0.2, -0.15) is 0 Å². The molecule has 0 bridgehead atoms. The zero-order valence-electron chi connectivity index (χ0n) is 18.8. The first-order chi connectivity index (χ1) is 16.3. The first-order valence-electron chi connectivity index (χ1n) is 12.1. The number of nitrogens with zero attached hydrogens (tertiary/aromatic N) is 2. The normalized spacial score (nSPS) is 31.6. The van der Waals surface area contributed by atoms with Crippen LogP contribution in [0.1, 0.15) is 36.8 Å². The lowest BCUT2D eigenvalue weighted by atomic mass is 9.78. The second-order valence-corrected chi connectivity index (χ2v) is 9.61. The molecule has 0 amide bonds. The van der Waals surface area contributed by atoms with Crippen molar-refractivity contribution in [2.45, 2.75) is 51.1 Å². The van der Waals surface area contributed by atoms with Gasteiger partial charge in [0.2, 0.25) is 0 Å². The molecule has 6 nitrogen and oxygen atoms in total. The Morgan fingerprint density at radius 1 is 0.697 bits per heavy atom. The van der Waals surface area contributed by atoms with E-state index < -0.39 is 0 Å². The van der Waals surface area contributed by atoms with Crippen LogP contribution >= 0.6 is 0 Å². The number of ether oxygens (including phenoxy) is 2. The van der Waals surface area contributed by atoms with Gasteiger partial charge < -0.3 is 19.1 Å². The Hall–Kier alpha value is -2.70. The highest BCUT2D eigenvalue weighted by Gasteiger charge is 2.61. The highest BCUT2D eigenvalue weighted by molar-refractivity contribution is 6.16. The van der Waals surface area contributed by atoms with Crippen molar-refractivity contribution < 1.29 is 19.1 Å². The van der Waals surface area contributed by atoms with Crippen LogP contribution in [0, 0.1) is 17.3 Å². The van der Waals surface area contributed by atoms with Crippen molar-refractivity contribution in [3.8, 4) is 0 Å². The van der Waals surface area contributed by atoms with E-state index in [1.54, 1.807) is 0 Å². The smallest absolute Gasteiger partial charge is 0.158 e. The monoisotopic (exact) mass is 446 g/mol. The Balaban J connectivity index is 1.04. The minimum atomic E-state index is -0.0856. The molecule has 4 atom stereocenters. The lowest BCUT2D eigenvalue weighted by Crippen LogP contribution is -2.36. The summed E-state index contributed by atoms with van der Waals surface area (Å²) in [5, 5.41) is 9.19. The second kappa shape index (κ2) is 8.92. The van der Waals surface area contributed by atoms with E-state index in [1.165, 1.54) is 22.6 Å². The van der Waals surface area contributed by atoms with Gasteiger partial charge in [-0.25, -0.2) is 0 Å². The van der Waals surface area contributed by atoms with Crippen LogP contribution in [0.2, 0.25) is 0 Å². The molecular formula is C27H30N2O4. The summed E-state index contributed by atoms with van der Waals surface area (Å²) in [6.07, 6.45) is 4.28. The molecule has 2 aliphatic carbocycles. The lowest BCUT2D eigenvalue weighted by molar-refractivity contribution is -0.0216. The molecule has 4 aliphatic rings. The van der Waals surface area contributed by atoms with Crippen molar-refractivity contribution in [2.75, 3.05) is 13.2 Å². The van der Waals surface area contributed by atoms with E-state index in [0.717, 1.165) is 25.7 Å². The molecule has 2 heterocycles. The highest BCUT2D eigenvalue weighted by Crippen LogP contribution is 2.56. The molecule has 2 aromatic rings. The molecule has 2 saturated carbocycles. The Morgan fingerprint density at radius 3 is 1.61 bits per heavy atom. The summed E-state index contributed by atoms with van der Waals surface area (Å²) in [6.45, 7) is 2.32. The van der Waals surface area contributed by atoms with E-state index in [0.29, 0.717) is 38.3 Å². The summed E-state index contributed by atoms with van der Waals surface area (Å²) < 4.78 is 12.0. The molecule has 2 aliphatic heterocycles. The maximum Gasteiger partial charge on any atom is 0.158 e. The minimum Gasteiger partial charge on any atom is -0.389 e. The molecule has 2 aromatic carbocycles. The van der Waals surface area contributed by atoms with Gasteiger partial charge in [0.25, 0.3) is 0 Å². The van der Waals surface area contributed by atoms with E-state index in [-0.39, 0.29) is 17.6 Å². The van der Waals surface area contributed by atoms with Crippen LogP contribution < -0.4 is 0 Å². The largest absolute Gasteiger partial charge is 0.389 e. The summed E-state index contributed by atoms with van der Waals surface area (Å²) in [4.78, 5) is 11.8. The molecule has 4 unspecified atom stereocenters.